The minimum atomic E-state index is -0.354. The number of hydrogen-bond donors (Lipinski definition) is 2. The maximum Gasteiger partial charge on any atom is 0.227 e. The van der Waals surface area contributed by atoms with E-state index in [4.69, 9.17) is 16.3 Å². The summed E-state index contributed by atoms with van der Waals surface area (Å²) in [5.74, 6) is 0.0147. The van der Waals surface area contributed by atoms with E-state index in [0.717, 1.165) is 13.1 Å². The van der Waals surface area contributed by atoms with Gasteiger partial charge in [0.05, 0.1) is 18.7 Å². The molecule has 23 heavy (non-hydrogen) atoms. The second kappa shape index (κ2) is 8.17. The van der Waals surface area contributed by atoms with Crippen LogP contribution in [0.25, 0.3) is 0 Å². The van der Waals surface area contributed by atoms with Crippen LogP contribution in [0.3, 0.4) is 0 Å². The quantitative estimate of drug-likeness (QED) is 0.737. The van der Waals surface area contributed by atoms with Crippen molar-refractivity contribution in [2.75, 3.05) is 38.2 Å². The summed E-state index contributed by atoms with van der Waals surface area (Å²) >= 11 is 6.02. The number of anilines is 1. The van der Waals surface area contributed by atoms with Crippen LogP contribution in [-0.4, -0.2) is 45.1 Å². The maximum atomic E-state index is 12.3. The van der Waals surface area contributed by atoms with Gasteiger partial charge in [0.1, 0.15) is 5.75 Å². The highest BCUT2D eigenvalue weighted by Gasteiger charge is 2.36. The van der Waals surface area contributed by atoms with Crippen molar-refractivity contribution in [2.24, 2.45) is 5.92 Å². The Labute approximate surface area is 141 Å². The summed E-state index contributed by atoms with van der Waals surface area (Å²) in [7, 11) is 1.54. The van der Waals surface area contributed by atoms with Crippen molar-refractivity contribution in [1.82, 2.24) is 10.6 Å². The number of nitrogens with one attached hydrogen (secondary N) is 2. The van der Waals surface area contributed by atoms with Crippen molar-refractivity contribution in [3.8, 4) is 5.75 Å². The summed E-state index contributed by atoms with van der Waals surface area (Å²) in [6.45, 7) is 4.48. The van der Waals surface area contributed by atoms with Gasteiger partial charge in [0.2, 0.25) is 11.8 Å². The second-order valence-corrected chi connectivity index (χ2v) is 5.80. The molecule has 1 saturated heterocycles. The molecule has 0 bridgehead atoms. The number of rotatable bonds is 7. The van der Waals surface area contributed by atoms with Gasteiger partial charge >= 0.3 is 0 Å². The molecule has 0 spiro atoms. The summed E-state index contributed by atoms with van der Waals surface area (Å²) in [5, 5.41) is 6.51. The van der Waals surface area contributed by atoms with E-state index >= 15 is 0 Å². The average molecular weight is 340 g/mol. The van der Waals surface area contributed by atoms with E-state index in [1.807, 2.05) is 6.92 Å². The van der Waals surface area contributed by atoms with Crippen LogP contribution in [-0.2, 0) is 9.59 Å². The van der Waals surface area contributed by atoms with E-state index in [0.29, 0.717) is 29.5 Å². The van der Waals surface area contributed by atoms with Crippen molar-refractivity contribution in [3.05, 3.63) is 23.2 Å². The third-order valence-electron chi connectivity index (χ3n) is 3.78. The molecule has 1 aromatic carbocycles. The predicted octanol–water partition coefficient (Wildman–Crippen LogP) is 1.43. The van der Waals surface area contributed by atoms with Crippen LogP contribution in [0.4, 0.5) is 5.69 Å². The molecule has 1 atom stereocenters. The Morgan fingerprint density at radius 1 is 1.43 bits per heavy atom. The molecule has 1 fully saturated rings. The molecule has 6 nitrogen and oxygen atoms in total. The second-order valence-electron chi connectivity index (χ2n) is 5.37. The topological polar surface area (TPSA) is 70.7 Å². The number of hydrogen-bond acceptors (Lipinski definition) is 4. The van der Waals surface area contributed by atoms with E-state index in [2.05, 4.69) is 10.6 Å². The van der Waals surface area contributed by atoms with Crippen LogP contribution in [0.2, 0.25) is 5.02 Å². The Hall–Kier alpha value is -1.79. The average Bonchev–Trinajstić information content (AvgIpc) is 2.93. The lowest BCUT2D eigenvalue weighted by Gasteiger charge is -2.19. The van der Waals surface area contributed by atoms with E-state index in [9.17, 15) is 9.59 Å². The minimum Gasteiger partial charge on any atom is -0.495 e. The Morgan fingerprint density at radius 2 is 2.22 bits per heavy atom. The van der Waals surface area contributed by atoms with Crippen LogP contribution in [0.1, 0.15) is 13.3 Å². The lowest BCUT2D eigenvalue weighted by Crippen LogP contribution is -2.37. The lowest BCUT2D eigenvalue weighted by molar-refractivity contribution is -0.126. The van der Waals surface area contributed by atoms with Gasteiger partial charge in [-0.15, -0.1) is 0 Å². The molecule has 1 aliphatic rings. The third-order valence-corrected chi connectivity index (χ3v) is 4.01. The van der Waals surface area contributed by atoms with Gasteiger partial charge in [0.25, 0.3) is 0 Å². The number of benzene rings is 1. The molecule has 1 heterocycles. The molecule has 0 aromatic heterocycles. The van der Waals surface area contributed by atoms with Gasteiger partial charge in [0, 0.05) is 31.1 Å². The molecule has 126 valence electrons. The number of halogens is 1. The van der Waals surface area contributed by atoms with Gasteiger partial charge in [0.15, 0.2) is 0 Å². The number of amides is 2. The molecule has 1 unspecified atom stereocenters. The molecule has 2 rings (SSSR count). The van der Waals surface area contributed by atoms with Gasteiger partial charge in [-0.25, -0.2) is 0 Å². The van der Waals surface area contributed by atoms with Crippen molar-refractivity contribution in [3.63, 3.8) is 0 Å². The Morgan fingerprint density at radius 3 is 2.91 bits per heavy atom. The highest BCUT2D eigenvalue weighted by molar-refractivity contribution is 6.31. The number of carbonyl (C=O) groups is 2. The zero-order chi connectivity index (χ0) is 16.8. The van der Waals surface area contributed by atoms with Crippen LogP contribution in [0.5, 0.6) is 5.75 Å². The molecule has 0 radical (unpaired) electrons. The highest BCUT2D eigenvalue weighted by Crippen LogP contribution is 2.35. The molecule has 0 aliphatic carbocycles. The summed E-state index contributed by atoms with van der Waals surface area (Å²) in [5.41, 5.74) is 0.605. The number of nitrogens with zero attached hydrogens (tertiary/aromatic N) is 1. The van der Waals surface area contributed by atoms with Crippen LogP contribution >= 0.6 is 11.6 Å². The first-order chi connectivity index (χ1) is 11.1. The number of carbonyl (C=O) groups excluding carboxylic acids is 2. The fourth-order valence-electron chi connectivity index (χ4n) is 2.59. The normalized spacial score (nSPS) is 17.4. The molecule has 1 aromatic rings. The largest absolute Gasteiger partial charge is 0.495 e. The molecule has 0 saturated carbocycles. The van der Waals surface area contributed by atoms with Crippen LogP contribution in [0, 0.1) is 5.92 Å². The number of ether oxygens (including phenoxy) is 1. The standard InChI is InChI=1S/C16H22ClN3O3/c1-3-18-6-7-19-16(22)11-8-15(21)20(10-11)13-9-12(17)4-5-14(13)23-2/h4-5,9,11,18H,3,6-8,10H2,1-2H3,(H,19,22). The Kier molecular flexibility index (Phi) is 6.24. The van der Waals surface area contributed by atoms with E-state index in [1.165, 1.54) is 7.11 Å². The van der Waals surface area contributed by atoms with Gasteiger partial charge in [-0.2, -0.15) is 0 Å². The first kappa shape index (κ1) is 17.6. The Bertz CT molecular complexity index is 580. The third kappa shape index (κ3) is 4.36. The van der Waals surface area contributed by atoms with E-state index in [-0.39, 0.29) is 24.2 Å². The van der Waals surface area contributed by atoms with Crippen molar-refractivity contribution in [2.45, 2.75) is 13.3 Å². The van der Waals surface area contributed by atoms with E-state index < -0.39 is 0 Å². The van der Waals surface area contributed by atoms with Gasteiger partial charge < -0.3 is 20.3 Å². The zero-order valence-corrected chi connectivity index (χ0v) is 14.2. The van der Waals surface area contributed by atoms with Gasteiger partial charge in [-0.3, -0.25) is 9.59 Å². The number of methoxy groups -OCH3 is 1. The first-order valence-corrected chi connectivity index (χ1v) is 8.07. The SMILES string of the molecule is CCNCCNC(=O)C1CC(=O)N(c2cc(Cl)ccc2OC)C1. The lowest BCUT2D eigenvalue weighted by atomic mass is 10.1. The molecular weight excluding hydrogens is 318 g/mol. The molecule has 2 N–H and O–H groups in total. The van der Waals surface area contributed by atoms with E-state index in [1.54, 1.807) is 23.1 Å². The molecule has 2 amide bonds. The van der Waals surface area contributed by atoms with Crippen LogP contribution in [0.15, 0.2) is 18.2 Å². The molecular formula is C16H22ClN3O3. The van der Waals surface area contributed by atoms with Gasteiger partial charge in [-0.1, -0.05) is 18.5 Å². The van der Waals surface area contributed by atoms with Crippen molar-refractivity contribution in [1.29, 1.82) is 0 Å². The summed E-state index contributed by atoms with van der Waals surface area (Å²) in [4.78, 5) is 26.0. The summed E-state index contributed by atoms with van der Waals surface area (Å²) in [6, 6.07) is 5.11. The summed E-state index contributed by atoms with van der Waals surface area (Å²) < 4.78 is 5.29. The maximum absolute atomic E-state index is 12.3. The van der Waals surface area contributed by atoms with Crippen molar-refractivity contribution >= 4 is 29.1 Å². The minimum absolute atomic E-state index is 0.0975. The Balaban J connectivity index is 2.02. The smallest absolute Gasteiger partial charge is 0.227 e. The monoisotopic (exact) mass is 339 g/mol. The highest BCUT2D eigenvalue weighted by atomic mass is 35.5. The fraction of sp³-hybridized carbons (Fsp3) is 0.500. The molecule has 1 aliphatic heterocycles. The first-order valence-electron chi connectivity index (χ1n) is 7.69. The predicted molar refractivity (Wildman–Crippen MR) is 90.0 cm³/mol. The zero-order valence-electron chi connectivity index (χ0n) is 13.4. The number of likely N-dealkylation sites (N-methyl/N-ethyl adjacent to an activating group) is 1. The van der Waals surface area contributed by atoms with Gasteiger partial charge in [-0.05, 0) is 24.7 Å². The molecule has 7 heteroatoms. The van der Waals surface area contributed by atoms with Crippen molar-refractivity contribution < 1.29 is 14.3 Å². The summed E-state index contributed by atoms with van der Waals surface area (Å²) in [6.07, 6.45) is 0.197. The fourth-order valence-corrected chi connectivity index (χ4v) is 2.75. The van der Waals surface area contributed by atoms with Crippen LogP contribution < -0.4 is 20.3 Å².